The van der Waals surface area contributed by atoms with Gasteiger partial charge in [0.05, 0.1) is 0 Å². The molecule has 0 aliphatic carbocycles. The van der Waals surface area contributed by atoms with Crippen molar-refractivity contribution in [3.63, 3.8) is 0 Å². The van der Waals surface area contributed by atoms with Gasteiger partial charge in [-0.15, -0.1) is 0 Å². The van der Waals surface area contributed by atoms with Crippen LogP contribution in [-0.2, 0) is 6.54 Å². The average Bonchev–Trinajstić information content (AvgIpc) is 2.45. The number of Topliss-reactive ketones (excluding diaryl/α,β-unsaturated/α-hetero) is 1. The summed E-state index contributed by atoms with van der Waals surface area (Å²) in [7, 11) is 0. The van der Waals surface area contributed by atoms with E-state index in [-0.39, 0.29) is 11.6 Å². The van der Waals surface area contributed by atoms with Gasteiger partial charge in [-0.05, 0) is 29.8 Å². The van der Waals surface area contributed by atoms with Crippen LogP contribution in [0.4, 0.5) is 10.1 Å². The van der Waals surface area contributed by atoms with E-state index in [0.717, 1.165) is 21.3 Å². The number of carbonyl (C=O) groups is 1. The Labute approximate surface area is 125 Å². The molecule has 0 spiro atoms. The van der Waals surface area contributed by atoms with Crippen molar-refractivity contribution < 1.29 is 9.18 Å². The van der Waals surface area contributed by atoms with Gasteiger partial charge < -0.3 is 4.90 Å². The number of hydrogen-bond donors (Lipinski definition) is 0. The number of para-hydroxylation sites is 1. The van der Waals surface area contributed by atoms with Crippen LogP contribution in [-0.4, -0.2) is 12.3 Å². The number of fused-ring (bicyclic) bond motifs is 1. The molecule has 20 heavy (non-hydrogen) atoms. The SMILES string of the molecule is O=C1CCN(Cc2ccc(F)cc2Br)c2ccccc21. The molecular formula is C16H13BrFNO. The van der Waals surface area contributed by atoms with E-state index in [0.29, 0.717) is 19.5 Å². The molecule has 0 amide bonds. The van der Waals surface area contributed by atoms with Gasteiger partial charge in [-0.1, -0.05) is 34.1 Å². The molecule has 1 aliphatic heterocycles. The van der Waals surface area contributed by atoms with Crippen molar-refractivity contribution in [3.05, 3.63) is 63.9 Å². The summed E-state index contributed by atoms with van der Waals surface area (Å²) in [6.07, 6.45) is 0.524. The Morgan fingerprint density at radius 2 is 2.00 bits per heavy atom. The number of nitrogens with zero attached hydrogens (tertiary/aromatic N) is 1. The van der Waals surface area contributed by atoms with Gasteiger partial charge >= 0.3 is 0 Å². The van der Waals surface area contributed by atoms with Crippen molar-refractivity contribution in [2.75, 3.05) is 11.4 Å². The van der Waals surface area contributed by atoms with Crippen LogP contribution >= 0.6 is 15.9 Å². The zero-order chi connectivity index (χ0) is 14.1. The van der Waals surface area contributed by atoms with Crippen LogP contribution in [0, 0.1) is 5.82 Å². The third-order valence-electron chi connectivity index (χ3n) is 3.53. The number of ketones is 1. The zero-order valence-corrected chi connectivity index (χ0v) is 12.4. The van der Waals surface area contributed by atoms with Gasteiger partial charge in [0.15, 0.2) is 5.78 Å². The van der Waals surface area contributed by atoms with E-state index in [4.69, 9.17) is 0 Å². The Morgan fingerprint density at radius 1 is 1.20 bits per heavy atom. The van der Waals surface area contributed by atoms with Crippen LogP contribution in [0.25, 0.3) is 0 Å². The van der Waals surface area contributed by atoms with Crippen molar-refractivity contribution in [1.29, 1.82) is 0 Å². The lowest BCUT2D eigenvalue weighted by Gasteiger charge is -2.30. The first kappa shape index (κ1) is 13.3. The molecule has 0 N–H and O–H groups in total. The molecule has 4 heteroatoms. The van der Waals surface area contributed by atoms with E-state index in [9.17, 15) is 9.18 Å². The molecule has 0 saturated heterocycles. The first-order valence-corrected chi connectivity index (χ1v) is 7.25. The molecule has 0 fully saturated rings. The summed E-state index contributed by atoms with van der Waals surface area (Å²) in [4.78, 5) is 14.1. The van der Waals surface area contributed by atoms with Crippen LogP contribution in [0.15, 0.2) is 46.9 Å². The Morgan fingerprint density at radius 3 is 2.80 bits per heavy atom. The van der Waals surface area contributed by atoms with Crippen LogP contribution in [0.2, 0.25) is 0 Å². The van der Waals surface area contributed by atoms with Gasteiger partial charge in [0, 0.05) is 35.2 Å². The van der Waals surface area contributed by atoms with Gasteiger partial charge in [-0.25, -0.2) is 4.39 Å². The molecule has 0 atom stereocenters. The first-order chi connectivity index (χ1) is 9.65. The van der Waals surface area contributed by atoms with E-state index in [1.165, 1.54) is 12.1 Å². The lowest BCUT2D eigenvalue weighted by atomic mass is 10.00. The third-order valence-corrected chi connectivity index (χ3v) is 4.27. The van der Waals surface area contributed by atoms with E-state index in [1.807, 2.05) is 24.3 Å². The highest BCUT2D eigenvalue weighted by Gasteiger charge is 2.22. The number of hydrogen-bond acceptors (Lipinski definition) is 2. The van der Waals surface area contributed by atoms with Crippen LogP contribution in [0.5, 0.6) is 0 Å². The van der Waals surface area contributed by atoms with Crippen LogP contribution in [0.1, 0.15) is 22.3 Å². The number of halogens is 2. The number of carbonyl (C=O) groups excluding carboxylic acids is 1. The molecule has 0 unspecified atom stereocenters. The highest BCUT2D eigenvalue weighted by Crippen LogP contribution is 2.29. The maximum absolute atomic E-state index is 13.1. The lowest BCUT2D eigenvalue weighted by Crippen LogP contribution is -2.31. The summed E-state index contributed by atoms with van der Waals surface area (Å²) in [5.74, 6) is -0.0649. The van der Waals surface area contributed by atoms with Gasteiger partial charge in [-0.2, -0.15) is 0 Å². The molecule has 2 nitrogen and oxygen atoms in total. The highest BCUT2D eigenvalue weighted by atomic mass is 79.9. The summed E-state index contributed by atoms with van der Waals surface area (Å²) in [5, 5.41) is 0. The molecule has 0 saturated carbocycles. The molecule has 1 heterocycles. The minimum absolute atomic E-state index is 0.190. The normalized spacial score (nSPS) is 14.3. The molecular weight excluding hydrogens is 321 g/mol. The van der Waals surface area contributed by atoms with Crippen molar-refractivity contribution in [1.82, 2.24) is 0 Å². The van der Waals surface area contributed by atoms with E-state index < -0.39 is 0 Å². The predicted molar refractivity (Wildman–Crippen MR) is 80.5 cm³/mol. The van der Waals surface area contributed by atoms with Gasteiger partial charge in [0.1, 0.15) is 5.82 Å². The molecule has 2 aromatic rings. The summed E-state index contributed by atoms with van der Waals surface area (Å²) < 4.78 is 13.9. The van der Waals surface area contributed by atoms with E-state index in [1.54, 1.807) is 6.07 Å². The van der Waals surface area contributed by atoms with Crippen LogP contribution in [0.3, 0.4) is 0 Å². The maximum atomic E-state index is 13.1. The number of benzene rings is 2. The maximum Gasteiger partial charge on any atom is 0.166 e. The topological polar surface area (TPSA) is 20.3 Å². The molecule has 0 bridgehead atoms. The van der Waals surface area contributed by atoms with Crippen molar-refractivity contribution in [2.45, 2.75) is 13.0 Å². The fourth-order valence-electron chi connectivity index (χ4n) is 2.50. The van der Waals surface area contributed by atoms with E-state index in [2.05, 4.69) is 20.8 Å². The van der Waals surface area contributed by atoms with E-state index >= 15 is 0 Å². The minimum Gasteiger partial charge on any atom is -0.366 e. The average molecular weight is 334 g/mol. The highest BCUT2D eigenvalue weighted by molar-refractivity contribution is 9.10. The van der Waals surface area contributed by atoms with Gasteiger partial charge in [-0.3, -0.25) is 4.79 Å². The Kier molecular flexibility index (Phi) is 3.57. The second-order valence-corrected chi connectivity index (χ2v) is 5.70. The Bertz CT molecular complexity index is 671. The standard InChI is InChI=1S/C16H13BrFNO/c17-14-9-12(18)6-5-11(14)10-19-8-7-16(20)13-3-1-2-4-15(13)19/h1-6,9H,7-8,10H2. The van der Waals surface area contributed by atoms with Crippen molar-refractivity contribution in [2.24, 2.45) is 0 Å². The third kappa shape index (κ3) is 2.48. The molecule has 2 aromatic carbocycles. The summed E-state index contributed by atoms with van der Waals surface area (Å²) >= 11 is 3.39. The number of anilines is 1. The smallest absolute Gasteiger partial charge is 0.166 e. The molecule has 3 rings (SSSR count). The largest absolute Gasteiger partial charge is 0.366 e. The number of rotatable bonds is 2. The Balaban J connectivity index is 1.92. The van der Waals surface area contributed by atoms with Gasteiger partial charge in [0.2, 0.25) is 0 Å². The van der Waals surface area contributed by atoms with Crippen molar-refractivity contribution >= 4 is 27.4 Å². The molecule has 0 aromatic heterocycles. The quantitative estimate of drug-likeness (QED) is 0.821. The molecule has 102 valence electrons. The Hall–Kier alpha value is -1.68. The first-order valence-electron chi connectivity index (χ1n) is 6.46. The fourth-order valence-corrected chi connectivity index (χ4v) is 2.97. The second kappa shape index (κ2) is 5.37. The summed E-state index contributed by atoms with van der Waals surface area (Å²) in [6.45, 7) is 1.35. The summed E-state index contributed by atoms with van der Waals surface area (Å²) in [5.41, 5.74) is 2.74. The van der Waals surface area contributed by atoms with Crippen LogP contribution < -0.4 is 4.90 Å². The zero-order valence-electron chi connectivity index (χ0n) is 10.8. The lowest BCUT2D eigenvalue weighted by molar-refractivity contribution is 0.0979. The molecule has 1 aliphatic rings. The fraction of sp³-hybridized carbons (Fsp3) is 0.188. The molecule has 0 radical (unpaired) electrons. The predicted octanol–water partition coefficient (Wildman–Crippen LogP) is 4.18. The van der Waals surface area contributed by atoms with Gasteiger partial charge in [0.25, 0.3) is 0 Å². The van der Waals surface area contributed by atoms with Crippen molar-refractivity contribution in [3.8, 4) is 0 Å². The second-order valence-electron chi connectivity index (χ2n) is 4.85. The minimum atomic E-state index is -0.255. The summed E-state index contributed by atoms with van der Waals surface area (Å²) in [6, 6.07) is 12.3. The monoisotopic (exact) mass is 333 g/mol.